The zero-order chi connectivity index (χ0) is 37.9. The molecule has 11 nitrogen and oxygen atoms in total. The Kier molecular flexibility index (Phi) is 13.7. The van der Waals surface area contributed by atoms with Crippen LogP contribution in [0.1, 0.15) is 68.4 Å². The first-order valence-corrected chi connectivity index (χ1v) is 18.8. The zero-order valence-corrected chi connectivity index (χ0v) is 31.7. The van der Waals surface area contributed by atoms with Gasteiger partial charge in [-0.1, -0.05) is 60.2 Å². The summed E-state index contributed by atoms with van der Waals surface area (Å²) in [5.41, 5.74) is 11.4. The summed E-state index contributed by atoms with van der Waals surface area (Å²) in [5, 5.41) is 6.53. The summed E-state index contributed by atoms with van der Waals surface area (Å²) in [6, 6.07) is 26.0. The highest BCUT2D eigenvalue weighted by Gasteiger charge is 2.38. The SMILES string of the molecule is Cc1cc[n+](CCOCc2ccc(Cc3ccccc3)c(NNC(=O)C(=O)NC3CC(C)(C)NC(C)(C)C3)c2)cc1.Cc1ccc(S(=O)(=O)[O-])cc1. The molecule has 1 aliphatic heterocycles. The van der Waals surface area contributed by atoms with Gasteiger partial charge in [-0.3, -0.25) is 20.4 Å². The Labute approximate surface area is 307 Å². The Bertz CT molecular complexity index is 1880. The van der Waals surface area contributed by atoms with E-state index < -0.39 is 21.9 Å². The maximum atomic E-state index is 12.8. The molecule has 4 N–H and O–H groups in total. The topological polar surface area (TPSA) is 153 Å². The number of benzene rings is 3. The van der Waals surface area contributed by atoms with E-state index in [-0.39, 0.29) is 22.0 Å². The highest BCUT2D eigenvalue weighted by Crippen LogP contribution is 2.28. The number of nitrogens with zero attached hydrogens (tertiary/aromatic N) is 1. The maximum Gasteiger partial charge on any atom is 0.327 e. The smallest absolute Gasteiger partial charge is 0.327 e. The van der Waals surface area contributed by atoms with E-state index in [9.17, 15) is 22.6 Å². The normalized spacial score (nSPS) is 15.1. The number of pyridine rings is 1. The van der Waals surface area contributed by atoms with Crippen LogP contribution in [0.25, 0.3) is 0 Å². The van der Waals surface area contributed by atoms with Gasteiger partial charge in [0.2, 0.25) is 0 Å². The number of ether oxygens (including phenoxy) is 1. The predicted molar refractivity (Wildman–Crippen MR) is 200 cm³/mol. The van der Waals surface area contributed by atoms with E-state index in [2.05, 4.69) is 84.9 Å². The monoisotopic (exact) mass is 729 g/mol. The average molecular weight is 730 g/mol. The lowest BCUT2D eigenvalue weighted by atomic mass is 9.79. The van der Waals surface area contributed by atoms with Gasteiger partial charge in [0, 0.05) is 29.3 Å². The molecular formula is C40H51N5O6S. The quantitative estimate of drug-likeness (QED) is 0.0562. The first-order chi connectivity index (χ1) is 24.5. The van der Waals surface area contributed by atoms with Gasteiger partial charge in [0.15, 0.2) is 18.9 Å². The lowest BCUT2D eigenvalue weighted by Crippen LogP contribution is -2.63. The van der Waals surface area contributed by atoms with Crippen LogP contribution >= 0.6 is 0 Å². The number of anilines is 1. The van der Waals surface area contributed by atoms with E-state index in [1.165, 1.54) is 17.7 Å². The van der Waals surface area contributed by atoms with Gasteiger partial charge < -0.3 is 19.9 Å². The third-order valence-corrected chi connectivity index (χ3v) is 9.43. The van der Waals surface area contributed by atoms with Crippen molar-refractivity contribution in [2.75, 3.05) is 12.0 Å². The minimum absolute atomic E-state index is 0.0910. The van der Waals surface area contributed by atoms with Crippen molar-refractivity contribution >= 4 is 27.6 Å². The molecule has 12 heteroatoms. The van der Waals surface area contributed by atoms with Crippen molar-refractivity contribution in [3.8, 4) is 0 Å². The van der Waals surface area contributed by atoms with E-state index in [0.717, 1.165) is 47.3 Å². The van der Waals surface area contributed by atoms with Crippen LogP contribution in [-0.4, -0.2) is 48.5 Å². The Hall–Kier alpha value is -4.62. The summed E-state index contributed by atoms with van der Waals surface area (Å²) in [4.78, 5) is 25.4. The summed E-state index contributed by atoms with van der Waals surface area (Å²) < 4.78 is 39.2. The molecule has 1 fully saturated rings. The molecule has 0 saturated carbocycles. The molecule has 0 bridgehead atoms. The lowest BCUT2D eigenvalue weighted by Gasteiger charge is -2.46. The van der Waals surface area contributed by atoms with Crippen LogP contribution in [-0.2, 0) is 44.0 Å². The van der Waals surface area contributed by atoms with Gasteiger partial charge in [0.25, 0.3) is 0 Å². The highest BCUT2D eigenvalue weighted by atomic mass is 32.2. The number of hydrogen-bond acceptors (Lipinski definition) is 8. The molecule has 5 rings (SSSR count). The number of carbonyl (C=O) groups excluding carboxylic acids is 2. The summed E-state index contributed by atoms with van der Waals surface area (Å²) in [6.07, 6.45) is 6.26. The Morgan fingerprint density at radius 1 is 0.846 bits per heavy atom. The number of hydrogen-bond donors (Lipinski definition) is 4. The third-order valence-electron chi connectivity index (χ3n) is 8.58. The molecule has 1 aliphatic rings. The molecule has 0 atom stereocenters. The molecule has 0 radical (unpaired) electrons. The van der Waals surface area contributed by atoms with Gasteiger partial charge in [-0.05, 0) is 101 Å². The Morgan fingerprint density at radius 2 is 1.46 bits per heavy atom. The fourth-order valence-electron chi connectivity index (χ4n) is 6.40. The molecule has 2 amide bonds. The number of aryl methyl sites for hydroxylation is 2. The van der Waals surface area contributed by atoms with Gasteiger partial charge in [-0.25, -0.2) is 13.0 Å². The van der Waals surface area contributed by atoms with Crippen molar-refractivity contribution in [3.05, 3.63) is 125 Å². The Balaban J connectivity index is 0.000000470. The fourth-order valence-corrected chi connectivity index (χ4v) is 6.87. The lowest BCUT2D eigenvalue weighted by molar-refractivity contribution is -0.698. The second-order valence-corrected chi connectivity index (χ2v) is 16.0. The number of rotatable bonds is 11. The summed E-state index contributed by atoms with van der Waals surface area (Å²) in [5.74, 6) is -1.37. The second-order valence-electron chi connectivity index (χ2n) is 14.6. The molecule has 0 unspecified atom stereocenters. The van der Waals surface area contributed by atoms with Gasteiger partial charge in [0.1, 0.15) is 16.7 Å². The van der Waals surface area contributed by atoms with Crippen molar-refractivity contribution in [3.63, 3.8) is 0 Å². The number of nitrogens with one attached hydrogen (secondary N) is 4. The predicted octanol–water partition coefficient (Wildman–Crippen LogP) is 4.86. The molecule has 278 valence electrons. The molecule has 1 aromatic heterocycles. The molecule has 2 heterocycles. The molecule has 3 aromatic carbocycles. The number of piperidine rings is 1. The van der Waals surface area contributed by atoms with Crippen molar-refractivity contribution in [1.82, 2.24) is 16.1 Å². The van der Waals surface area contributed by atoms with Crippen LogP contribution in [0.2, 0.25) is 0 Å². The molecular weight excluding hydrogens is 679 g/mol. The van der Waals surface area contributed by atoms with Crippen LogP contribution in [0.5, 0.6) is 0 Å². The van der Waals surface area contributed by atoms with Gasteiger partial charge >= 0.3 is 11.8 Å². The first kappa shape index (κ1) is 40.2. The van der Waals surface area contributed by atoms with E-state index in [0.29, 0.717) is 19.6 Å². The minimum Gasteiger partial charge on any atom is -0.744 e. The largest absolute Gasteiger partial charge is 0.744 e. The molecule has 0 spiro atoms. The number of carbonyl (C=O) groups is 2. The van der Waals surface area contributed by atoms with E-state index in [1.807, 2.05) is 55.7 Å². The molecule has 52 heavy (non-hydrogen) atoms. The van der Waals surface area contributed by atoms with Gasteiger partial charge in [-0.2, -0.15) is 0 Å². The second kappa shape index (κ2) is 17.7. The van der Waals surface area contributed by atoms with Crippen LogP contribution < -0.4 is 26.1 Å². The zero-order valence-electron chi connectivity index (χ0n) is 30.9. The summed E-state index contributed by atoms with van der Waals surface area (Å²) in [6.45, 7) is 14.1. The summed E-state index contributed by atoms with van der Waals surface area (Å²) >= 11 is 0. The maximum absolute atomic E-state index is 12.8. The van der Waals surface area contributed by atoms with Crippen molar-refractivity contribution in [2.24, 2.45) is 0 Å². The van der Waals surface area contributed by atoms with Crippen molar-refractivity contribution in [1.29, 1.82) is 0 Å². The number of hydrazine groups is 1. The standard InChI is InChI=1S/C33H43N5O3.C7H8O3S/c1-24-13-15-38(16-14-24)17-18-41-23-26-11-12-27(19-25-9-7-6-8-10-25)29(20-26)35-36-31(40)30(39)34-28-21-32(2,3)37-33(4,5)22-28;1-6-2-4-7(5-3-6)11(8,9)10/h6-16,20,28,37H,17-19,21-23H2,1-5H3,(H2-,34,35,36,39,40);2-5H,1H3,(H,8,9,10). The van der Waals surface area contributed by atoms with Crippen LogP contribution in [0.3, 0.4) is 0 Å². The number of aromatic nitrogens is 1. The first-order valence-electron chi connectivity index (χ1n) is 17.4. The van der Waals surface area contributed by atoms with Crippen LogP contribution in [0.4, 0.5) is 5.69 Å². The summed E-state index contributed by atoms with van der Waals surface area (Å²) in [7, 11) is -4.27. The van der Waals surface area contributed by atoms with Crippen molar-refractivity contribution < 1.29 is 31.9 Å². The molecule has 4 aromatic rings. The van der Waals surface area contributed by atoms with E-state index in [4.69, 9.17) is 4.74 Å². The minimum atomic E-state index is -4.27. The van der Waals surface area contributed by atoms with E-state index >= 15 is 0 Å². The van der Waals surface area contributed by atoms with Crippen molar-refractivity contribution in [2.45, 2.75) is 96.0 Å². The number of amides is 2. The van der Waals surface area contributed by atoms with Crippen LogP contribution in [0, 0.1) is 13.8 Å². The van der Waals surface area contributed by atoms with Gasteiger partial charge in [0.05, 0.1) is 17.2 Å². The van der Waals surface area contributed by atoms with Gasteiger partial charge in [-0.15, -0.1) is 0 Å². The van der Waals surface area contributed by atoms with E-state index in [1.54, 1.807) is 12.1 Å². The molecule has 1 saturated heterocycles. The van der Waals surface area contributed by atoms with Crippen LogP contribution in [0.15, 0.2) is 102 Å². The molecule has 0 aliphatic carbocycles. The average Bonchev–Trinajstić information content (AvgIpc) is 3.06. The third kappa shape index (κ3) is 13.2. The Morgan fingerprint density at radius 3 is 2.08 bits per heavy atom. The highest BCUT2D eigenvalue weighted by molar-refractivity contribution is 7.85. The fraction of sp³-hybridized carbons (Fsp3) is 0.375.